The van der Waals surface area contributed by atoms with Crippen LogP contribution in [0, 0.1) is 12.7 Å². The van der Waals surface area contributed by atoms with Crippen LogP contribution >= 0.6 is 0 Å². The van der Waals surface area contributed by atoms with Crippen molar-refractivity contribution in [2.24, 2.45) is 0 Å². The van der Waals surface area contributed by atoms with Crippen LogP contribution in [0.2, 0.25) is 0 Å². The highest BCUT2D eigenvalue weighted by Gasteiger charge is 2.11. The largest absolute Gasteiger partial charge is 0.427 e. The van der Waals surface area contributed by atoms with E-state index in [1.807, 2.05) is 0 Å². The molecule has 2 aromatic carbocycles. The van der Waals surface area contributed by atoms with Gasteiger partial charge >= 0.3 is 11.9 Å². The summed E-state index contributed by atoms with van der Waals surface area (Å²) in [5, 5.41) is 0. The van der Waals surface area contributed by atoms with Crippen molar-refractivity contribution in [2.75, 3.05) is 0 Å². The van der Waals surface area contributed by atoms with Crippen LogP contribution in [0.3, 0.4) is 0 Å². The zero-order chi connectivity index (χ0) is 21.1. The number of carbonyl (C=O) groups excluding carboxylic acids is 2. The van der Waals surface area contributed by atoms with Gasteiger partial charge in [-0.1, -0.05) is 51.5 Å². The lowest BCUT2D eigenvalue weighted by molar-refractivity contribution is -0.134. The summed E-state index contributed by atoms with van der Waals surface area (Å²) in [4.78, 5) is 24.1. The predicted octanol–water partition coefficient (Wildman–Crippen LogP) is 6.40. The van der Waals surface area contributed by atoms with E-state index in [0.717, 1.165) is 19.3 Å². The van der Waals surface area contributed by atoms with Crippen LogP contribution in [0.15, 0.2) is 42.5 Å². The Morgan fingerprint density at radius 3 is 2.10 bits per heavy atom. The first-order valence-corrected chi connectivity index (χ1v) is 10.3. The van der Waals surface area contributed by atoms with Gasteiger partial charge in [-0.05, 0) is 49.2 Å². The number of benzene rings is 2. The van der Waals surface area contributed by atoms with Crippen LogP contribution in [0.5, 0.6) is 11.5 Å². The van der Waals surface area contributed by atoms with Crippen molar-refractivity contribution >= 4 is 11.9 Å². The maximum absolute atomic E-state index is 13.5. The molecule has 0 amide bonds. The van der Waals surface area contributed by atoms with E-state index in [4.69, 9.17) is 9.47 Å². The third kappa shape index (κ3) is 8.06. The molecule has 0 aliphatic rings. The molecule has 0 N–H and O–H groups in total. The first-order chi connectivity index (χ1) is 14.0. The highest BCUT2D eigenvalue weighted by atomic mass is 19.1. The molecule has 4 nitrogen and oxygen atoms in total. The maximum Gasteiger partial charge on any atom is 0.343 e. The minimum atomic E-state index is -0.603. The first kappa shape index (κ1) is 22.6. The smallest absolute Gasteiger partial charge is 0.343 e. The normalized spacial score (nSPS) is 10.6. The Hall–Kier alpha value is -2.69. The van der Waals surface area contributed by atoms with Crippen molar-refractivity contribution in [3.63, 3.8) is 0 Å². The van der Waals surface area contributed by atoms with Crippen LogP contribution in [0.25, 0.3) is 0 Å². The fourth-order valence-electron chi connectivity index (χ4n) is 2.87. The number of hydrogen-bond acceptors (Lipinski definition) is 4. The van der Waals surface area contributed by atoms with E-state index in [9.17, 15) is 14.0 Å². The zero-order valence-corrected chi connectivity index (χ0v) is 17.2. The Balaban J connectivity index is 1.75. The molecule has 0 aliphatic carbocycles. The number of hydrogen-bond donors (Lipinski definition) is 0. The second-order valence-corrected chi connectivity index (χ2v) is 7.17. The molecule has 2 aromatic rings. The summed E-state index contributed by atoms with van der Waals surface area (Å²) in [5.74, 6) is -0.782. The molecule has 29 heavy (non-hydrogen) atoms. The van der Waals surface area contributed by atoms with Crippen molar-refractivity contribution in [2.45, 2.75) is 65.2 Å². The van der Waals surface area contributed by atoms with Gasteiger partial charge in [-0.15, -0.1) is 0 Å². The molecule has 0 spiro atoms. The van der Waals surface area contributed by atoms with Crippen LogP contribution in [0.1, 0.15) is 74.2 Å². The Morgan fingerprint density at radius 2 is 1.45 bits per heavy atom. The summed E-state index contributed by atoms with van der Waals surface area (Å²) in [5.41, 5.74) is 0.769. The molecule has 0 saturated carbocycles. The molecule has 5 heteroatoms. The van der Waals surface area contributed by atoms with Gasteiger partial charge in [0, 0.05) is 12.5 Å². The van der Waals surface area contributed by atoms with Crippen LogP contribution in [0.4, 0.5) is 4.39 Å². The SMILES string of the molecule is CCCCCCCCCC(=O)Oc1ccc(C(=O)Oc2ccc(C)c(F)c2)cc1. The van der Waals surface area contributed by atoms with Crippen molar-refractivity contribution in [3.05, 3.63) is 59.4 Å². The molecule has 0 aliphatic heterocycles. The Labute approximate surface area is 172 Å². The molecule has 0 aromatic heterocycles. The maximum atomic E-state index is 13.5. The lowest BCUT2D eigenvalue weighted by atomic mass is 10.1. The molecular formula is C24H29FO4. The number of esters is 2. The van der Waals surface area contributed by atoms with E-state index in [1.165, 1.54) is 49.9 Å². The molecule has 0 unspecified atom stereocenters. The summed E-state index contributed by atoms with van der Waals surface area (Å²) in [6.45, 7) is 3.82. The quantitative estimate of drug-likeness (QED) is 0.249. The lowest BCUT2D eigenvalue weighted by Crippen LogP contribution is -2.10. The molecule has 0 saturated heterocycles. The van der Waals surface area contributed by atoms with Crippen LogP contribution < -0.4 is 9.47 Å². The number of unbranched alkanes of at least 4 members (excludes halogenated alkanes) is 6. The molecule has 156 valence electrons. The van der Waals surface area contributed by atoms with Gasteiger partial charge in [0.1, 0.15) is 17.3 Å². The third-order valence-corrected chi connectivity index (χ3v) is 4.66. The van der Waals surface area contributed by atoms with Gasteiger partial charge in [-0.25, -0.2) is 9.18 Å². The lowest BCUT2D eigenvalue weighted by Gasteiger charge is -2.07. The number of ether oxygens (including phenoxy) is 2. The molecule has 0 heterocycles. The summed E-state index contributed by atoms with van der Waals surface area (Å²) in [6.07, 6.45) is 8.36. The highest BCUT2D eigenvalue weighted by Crippen LogP contribution is 2.19. The molecule has 2 rings (SSSR count). The van der Waals surface area contributed by atoms with Crippen molar-refractivity contribution in [1.29, 1.82) is 0 Å². The van der Waals surface area contributed by atoms with Gasteiger partial charge in [-0.3, -0.25) is 4.79 Å². The van der Waals surface area contributed by atoms with Gasteiger partial charge in [-0.2, -0.15) is 0 Å². The number of aryl methyl sites for hydroxylation is 1. The summed E-state index contributed by atoms with van der Waals surface area (Å²) >= 11 is 0. The van der Waals surface area contributed by atoms with E-state index in [2.05, 4.69) is 6.92 Å². The molecule has 0 radical (unpaired) electrons. The zero-order valence-electron chi connectivity index (χ0n) is 17.2. The number of halogens is 1. The van der Waals surface area contributed by atoms with Gasteiger partial charge < -0.3 is 9.47 Å². The van der Waals surface area contributed by atoms with E-state index < -0.39 is 11.8 Å². The second kappa shape index (κ2) is 12.0. The standard InChI is InChI=1S/C24H29FO4/c1-3-4-5-6-7-8-9-10-23(26)28-20-15-12-19(13-16-20)24(27)29-21-14-11-18(2)22(25)17-21/h11-17H,3-10H2,1-2H3. The highest BCUT2D eigenvalue weighted by molar-refractivity contribution is 5.91. The fourth-order valence-corrected chi connectivity index (χ4v) is 2.87. The van der Waals surface area contributed by atoms with Crippen molar-refractivity contribution in [3.8, 4) is 11.5 Å². The Kier molecular flexibility index (Phi) is 9.35. The van der Waals surface area contributed by atoms with Crippen LogP contribution in [-0.2, 0) is 4.79 Å². The second-order valence-electron chi connectivity index (χ2n) is 7.17. The third-order valence-electron chi connectivity index (χ3n) is 4.66. The van der Waals surface area contributed by atoms with Crippen molar-refractivity contribution < 1.29 is 23.5 Å². The Morgan fingerprint density at radius 1 is 0.828 bits per heavy atom. The predicted molar refractivity (Wildman–Crippen MR) is 111 cm³/mol. The molecule has 0 fully saturated rings. The van der Waals surface area contributed by atoms with E-state index in [0.29, 0.717) is 17.7 Å². The summed E-state index contributed by atoms with van der Waals surface area (Å²) in [6, 6.07) is 10.4. The summed E-state index contributed by atoms with van der Waals surface area (Å²) in [7, 11) is 0. The molecule has 0 atom stereocenters. The first-order valence-electron chi connectivity index (χ1n) is 10.3. The van der Waals surface area contributed by atoms with Gasteiger partial charge in [0.05, 0.1) is 5.56 Å². The van der Waals surface area contributed by atoms with Gasteiger partial charge in [0.25, 0.3) is 0 Å². The van der Waals surface area contributed by atoms with E-state index in [1.54, 1.807) is 25.1 Å². The van der Waals surface area contributed by atoms with E-state index >= 15 is 0 Å². The van der Waals surface area contributed by atoms with Crippen LogP contribution in [-0.4, -0.2) is 11.9 Å². The monoisotopic (exact) mass is 400 g/mol. The number of rotatable bonds is 11. The molecule has 0 bridgehead atoms. The number of carbonyl (C=O) groups is 2. The minimum Gasteiger partial charge on any atom is -0.427 e. The molecular weight excluding hydrogens is 371 g/mol. The van der Waals surface area contributed by atoms with Gasteiger partial charge in [0.2, 0.25) is 0 Å². The van der Waals surface area contributed by atoms with Gasteiger partial charge in [0.15, 0.2) is 0 Å². The van der Waals surface area contributed by atoms with E-state index in [-0.39, 0.29) is 17.3 Å². The average Bonchev–Trinajstić information content (AvgIpc) is 2.70. The minimum absolute atomic E-state index is 0.142. The fraction of sp³-hybridized carbons (Fsp3) is 0.417. The van der Waals surface area contributed by atoms with Crippen molar-refractivity contribution in [1.82, 2.24) is 0 Å². The topological polar surface area (TPSA) is 52.6 Å². The average molecular weight is 400 g/mol. The summed E-state index contributed by atoms with van der Waals surface area (Å²) < 4.78 is 24.0. The Bertz CT molecular complexity index is 799.